The average molecular weight is 483 g/mol. The number of benzene rings is 2. The van der Waals surface area contributed by atoms with Crippen LogP contribution < -0.4 is 0 Å². The first-order valence-electron chi connectivity index (χ1n) is 10.7. The minimum Gasteiger partial charge on any atom is -0.465 e. The highest BCUT2D eigenvalue weighted by atomic mass is 32.2. The lowest BCUT2D eigenvalue weighted by atomic mass is 9.94. The second-order valence-electron chi connectivity index (χ2n) is 7.78. The number of hydrogen-bond acceptors (Lipinski definition) is 6. The van der Waals surface area contributed by atoms with Crippen LogP contribution in [0.25, 0.3) is 6.08 Å². The number of non-ortho nitro benzene ring substituents is 1. The molecule has 0 saturated heterocycles. The summed E-state index contributed by atoms with van der Waals surface area (Å²) in [4.78, 5) is 23.1. The van der Waals surface area contributed by atoms with Gasteiger partial charge in [-0.25, -0.2) is 8.42 Å². The van der Waals surface area contributed by atoms with Crippen molar-refractivity contribution in [2.45, 2.75) is 18.7 Å². The molecule has 1 atom stereocenters. The topological polar surface area (TPSA) is 107 Å². The van der Waals surface area contributed by atoms with Crippen molar-refractivity contribution in [3.63, 3.8) is 0 Å². The Balaban J connectivity index is 1.91. The third-order valence-corrected chi connectivity index (χ3v) is 7.32. The quantitative estimate of drug-likeness (QED) is 0.300. The molecular weight excluding hydrogens is 456 g/mol. The molecule has 0 aromatic heterocycles. The summed E-state index contributed by atoms with van der Waals surface area (Å²) in [7, 11) is -3.96. The molecule has 0 amide bonds. The van der Waals surface area contributed by atoms with E-state index in [4.69, 9.17) is 4.74 Å². The highest BCUT2D eigenvalue weighted by Crippen LogP contribution is 2.32. The van der Waals surface area contributed by atoms with Crippen molar-refractivity contribution < 1.29 is 22.9 Å². The van der Waals surface area contributed by atoms with Gasteiger partial charge in [-0.05, 0) is 42.7 Å². The molecule has 1 aliphatic rings. The van der Waals surface area contributed by atoms with E-state index in [0.29, 0.717) is 11.1 Å². The smallest absolute Gasteiger partial charge is 0.317 e. The number of rotatable bonds is 9. The fourth-order valence-electron chi connectivity index (χ4n) is 3.65. The molecule has 2 aromatic rings. The fraction of sp³-hybridized carbons (Fsp3) is 0.240. The standard InChI is InChI=1S/C25H26N2O6S/c1-4-20-16-26(34(31,32)22-13-11-21(12-14-22)27(29)30)17-24(20)23(25(28)33-5-2)15-10-19-8-6-18(3)7-9-19/h4,6-15,23H,1,5,16-17H2,2-3H3/b15-10+. The lowest BCUT2D eigenvalue weighted by Crippen LogP contribution is -2.31. The van der Waals surface area contributed by atoms with E-state index in [1.807, 2.05) is 37.3 Å². The summed E-state index contributed by atoms with van der Waals surface area (Å²) in [5.74, 6) is -1.26. The van der Waals surface area contributed by atoms with E-state index >= 15 is 0 Å². The summed E-state index contributed by atoms with van der Waals surface area (Å²) in [6, 6.07) is 12.5. The van der Waals surface area contributed by atoms with Crippen molar-refractivity contribution in [3.8, 4) is 0 Å². The maximum Gasteiger partial charge on any atom is 0.317 e. The third kappa shape index (κ3) is 5.49. The molecule has 34 heavy (non-hydrogen) atoms. The second kappa shape index (κ2) is 10.6. The minimum atomic E-state index is -3.96. The summed E-state index contributed by atoms with van der Waals surface area (Å²) in [5.41, 5.74) is 3.02. The number of aryl methyl sites for hydroxylation is 1. The molecular formula is C25H26N2O6S. The number of hydrogen-bond donors (Lipinski definition) is 0. The zero-order valence-electron chi connectivity index (χ0n) is 19.0. The predicted molar refractivity (Wildman–Crippen MR) is 129 cm³/mol. The third-order valence-electron chi connectivity index (χ3n) is 5.51. The van der Waals surface area contributed by atoms with E-state index in [0.717, 1.165) is 23.3 Å². The Hall–Kier alpha value is -3.56. The molecule has 9 heteroatoms. The van der Waals surface area contributed by atoms with Gasteiger partial charge in [-0.3, -0.25) is 14.9 Å². The van der Waals surface area contributed by atoms with Gasteiger partial charge < -0.3 is 4.74 Å². The van der Waals surface area contributed by atoms with Crippen LogP contribution in [0.4, 0.5) is 5.69 Å². The number of nitro benzene ring substituents is 1. The Kier molecular flexibility index (Phi) is 7.80. The largest absolute Gasteiger partial charge is 0.465 e. The molecule has 1 aliphatic heterocycles. The van der Waals surface area contributed by atoms with Crippen molar-refractivity contribution in [2.75, 3.05) is 19.7 Å². The van der Waals surface area contributed by atoms with Crippen LogP contribution in [0.2, 0.25) is 0 Å². The molecule has 0 radical (unpaired) electrons. The number of nitrogens with zero attached hydrogens (tertiary/aromatic N) is 2. The number of ether oxygens (including phenoxy) is 1. The van der Waals surface area contributed by atoms with E-state index in [-0.39, 0.29) is 30.3 Å². The van der Waals surface area contributed by atoms with E-state index in [1.165, 1.54) is 16.4 Å². The van der Waals surface area contributed by atoms with Crippen molar-refractivity contribution >= 4 is 27.8 Å². The molecule has 0 saturated carbocycles. The first kappa shape index (κ1) is 25.1. The zero-order valence-corrected chi connectivity index (χ0v) is 19.8. The SMILES string of the molecule is C=CC1=C(C(/C=C/c2ccc(C)cc2)C(=O)OCC)CN(S(=O)(=O)c2ccc([N+](=O)[O-])cc2)C1. The van der Waals surface area contributed by atoms with Crippen LogP contribution in [0.3, 0.4) is 0 Å². The summed E-state index contributed by atoms with van der Waals surface area (Å²) < 4.78 is 32.9. The molecule has 0 aliphatic carbocycles. The van der Waals surface area contributed by atoms with Crippen LogP contribution >= 0.6 is 0 Å². The maximum absolute atomic E-state index is 13.2. The van der Waals surface area contributed by atoms with Gasteiger partial charge in [0.15, 0.2) is 0 Å². The Labute approximate surface area is 199 Å². The van der Waals surface area contributed by atoms with Crippen molar-refractivity contribution in [1.29, 1.82) is 0 Å². The van der Waals surface area contributed by atoms with Gasteiger partial charge in [0.25, 0.3) is 5.69 Å². The molecule has 3 rings (SSSR count). The van der Waals surface area contributed by atoms with Gasteiger partial charge in [-0.2, -0.15) is 4.31 Å². The van der Waals surface area contributed by atoms with Crippen LogP contribution in [-0.2, 0) is 19.6 Å². The number of sulfonamides is 1. The second-order valence-corrected chi connectivity index (χ2v) is 9.72. The summed E-state index contributed by atoms with van der Waals surface area (Å²) in [6.07, 6.45) is 5.07. The Morgan fingerprint density at radius 2 is 1.82 bits per heavy atom. The van der Waals surface area contributed by atoms with Crippen molar-refractivity contribution in [3.05, 3.63) is 99.6 Å². The molecule has 1 unspecified atom stereocenters. The fourth-order valence-corrected chi connectivity index (χ4v) is 5.04. The Morgan fingerprint density at radius 1 is 1.18 bits per heavy atom. The van der Waals surface area contributed by atoms with Crippen LogP contribution in [0.5, 0.6) is 0 Å². The maximum atomic E-state index is 13.2. The van der Waals surface area contributed by atoms with Crippen LogP contribution in [-0.4, -0.2) is 43.3 Å². The van der Waals surface area contributed by atoms with E-state index in [1.54, 1.807) is 19.1 Å². The monoisotopic (exact) mass is 482 g/mol. The molecule has 0 spiro atoms. The molecule has 0 N–H and O–H groups in total. The molecule has 1 heterocycles. The average Bonchev–Trinajstić information content (AvgIpc) is 3.25. The lowest BCUT2D eigenvalue weighted by molar-refractivity contribution is -0.384. The molecule has 8 nitrogen and oxygen atoms in total. The molecule has 178 valence electrons. The number of esters is 1. The Morgan fingerprint density at radius 3 is 2.38 bits per heavy atom. The van der Waals surface area contributed by atoms with Gasteiger partial charge in [-0.1, -0.05) is 54.6 Å². The first-order chi connectivity index (χ1) is 16.2. The number of nitro groups is 1. The molecule has 0 fully saturated rings. The normalized spacial score (nSPS) is 15.5. The van der Waals surface area contributed by atoms with Gasteiger partial charge >= 0.3 is 5.97 Å². The van der Waals surface area contributed by atoms with Crippen LogP contribution in [0.1, 0.15) is 18.1 Å². The molecule has 0 bridgehead atoms. The predicted octanol–water partition coefficient (Wildman–Crippen LogP) is 4.28. The lowest BCUT2D eigenvalue weighted by Gasteiger charge is -2.18. The van der Waals surface area contributed by atoms with E-state index in [2.05, 4.69) is 6.58 Å². The Bertz CT molecular complexity index is 1250. The van der Waals surface area contributed by atoms with E-state index < -0.39 is 26.8 Å². The van der Waals surface area contributed by atoms with Crippen LogP contribution in [0, 0.1) is 23.0 Å². The van der Waals surface area contributed by atoms with Crippen molar-refractivity contribution in [1.82, 2.24) is 4.31 Å². The van der Waals surface area contributed by atoms with Gasteiger partial charge in [0.05, 0.1) is 22.3 Å². The zero-order chi connectivity index (χ0) is 24.9. The van der Waals surface area contributed by atoms with E-state index in [9.17, 15) is 23.3 Å². The highest BCUT2D eigenvalue weighted by Gasteiger charge is 2.36. The van der Waals surface area contributed by atoms with Crippen LogP contribution in [0.15, 0.2) is 83.3 Å². The summed E-state index contributed by atoms with van der Waals surface area (Å²) >= 11 is 0. The highest BCUT2D eigenvalue weighted by molar-refractivity contribution is 7.89. The van der Waals surface area contributed by atoms with Gasteiger partial charge in [0, 0.05) is 25.2 Å². The number of carbonyl (C=O) groups is 1. The minimum absolute atomic E-state index is 0.0254. The van der Waals surface area contributed by atoms with Gasteiger partial charge in [0.2, 0.25) is 10.0 Å². The number of carbonyl (C=O) groups excluding carboxylic acids is 1. The van der Waals surface area contributed by atoms with Gasteiger partial charge in [0.1, 0.15) is 0 Å². The first-order valence-corrected chi connectivity index (χ1v) is 12.1. The molecule has 2 aromatic carbocycles. The summed E-state index contributed by atoms with van der Waals surface area (Å²) in [5, 5.41) is 10.9. The summed E-state index contributed by atoms with van der Waals surface area (Å²) in [6.45, 7) is 7.69. The van der Waals surface area contributed by atoms with Gasteiger partial charge in [-0.15, -0.1) is 0 Å². The van der Waals surface area contributed by atoms with Crippen molar-refractivity contribution in [2.24, 2.45) is 5.92 Å².